The number of unbranched alkanes of at least 4 members (excludes halogenated alkanes) is 1. The molecule has 1 aliphatic rings. The number of benzene rings is 2. The predicted octanol–water partition coefficient (Wildman–Crippen LogP) is 4.06. The number of anilines is 1. The van der Waals surface area contributed by atoms with Gasteiger partial charge < -0.3 is 10.5 Å². The van der Waals surface area contributed by atoms with Crippen LogP contribution in [0.2, 0.25) is 0 Å². The molecule has 4 rings (SSSR count). The molecule has 2 aromatic carbocycles. The van der Waals surface area contributed by atoms with Gasteiger partial charge in [-0.1, -0.05) is 12.1 Å². The van der Waals surface area contributed by atoms with Crippen molar-refractivity contribution >= 4 is 17.6 Å². The Labute approximate surface area is 177 Å². The van der Waals surface area contributed by atoms with Crippen LogP contribution in [0.3, 0.4) is 0 Å². The molecule has 0 radical (unpaired) electrons. The van der Waals surface area contributed by atoms with Crippen LogP contribution in [0.4, 0.5) is 14.6 Å². The highest BCUT2D eigenvalue weighted by Gasteiger charge is 2.34. The van der Waals surface area contributed by atoms with Gasteiger partial charge in [0, 0.05) is 23.7 Å². The summed E-state index contributed by atoms with van der Waals surface area (Å²) in [4.78, 5) is 29.7. The summed E-state index contributed by atoms with van der Waals surface area (Å²) >= 11 is 0. The molecule has 0 unspecified atom stereocenters. The summed E-state index contributed by atoms with van der Waals surface area (Å²) in [5.41, 5.74) is 6.98. The topological polar surface area (TPSA) is 85.5 Å². The van der Waals surface area contributed by atoms with E-state index in [4.69, 9.17) is 10.5 Å². The Morgan fingerprint density at radius 1 is 0.903 bits per heavy atom. The highest BCUT2D eigenvalue weighted by molar-refractivity contribution is 6.21. The number of nitrogens with zero attached hydrogens (tertiary/aromatic N) is 2. The maximum Gasteiger partial charge on any atom is 0.261 e. The number of halogens is 2. The molecule has 0 spiro atoms. The smallest absolute Gasteiger partial charge is 0.261 e. The van der Waals surface area contributed by atoms with E-state index in [2.05, 4.69) is 4.98 Å². The molecule has 158 valence electrons. The maximum atomic E-state index is 14.2. The third kappa shape index (κ3) is 4.09. The first-order valence-corrected chi connectivity index (χ1v) is 9.74. The van der Waals surface area contributed by atoms with Crippen LogP contribution in [-0.4, -0.2) is 34.8 Å². The number of ether oxygens (including phenoxy) is 1. The Kier molecular flexibility index (Phi) is 5.62. The molecule has 1 aromatic heterocycles. The van der Waals surface area contributed by atoms with E-state index in [1.54, 1.807) is 24.3 Å². The Morgan fingerprint density at radius 2 is 1.61 bits per heavy atom. The van der Waals surface area contributed by atoms with Crippen molar-refractivity contribution in [2.45, 2.75) is 12.8 Å². The van der Waals surface area contributed by atoms with E-state index >= 15 is 0 Å². The van der Waals surface area contributed by atoms with E-state index in [-0.39, 0.29) is 42.1 Å². The van der Waals surface area contributed by atoms with Crippen LogP contribution in [0.5, 0.6) is 5.75 Å². The minimum absolute atomic E-state index is 0.132. The minimum atomic E-state index is -0.601. The lowest BCUT2D eigenvalue weighted by Gasteiger charge is -2.15. The zero-order chi connectivity index (χ0) is 22.0. The highest BCUT2D eigenvalue weighted by atomic mass is 19.1. The second kappa shape index (κ2) is 8.51. The molecule has 0 fully saturated rings. The molecule has 0 aliphatic carbocycles. The molecular formula is C23H19F2N3O3. The van der Waals surface area contributed by atoms with E-state index in [0.29, 0.717) is 29.5 Å². The van der Waals surface area contributed by atoms with Crippen LogP contribution in [0, 0.1) is 11.6 Å². The van der Waals surface area contributed by atoms with Gasteiger partial charge in [0.25, 0.3) is 11.8 Å². The first kappa shape index (κ1) is 20.5. The number of fused-ring (bicyclic) bond motifs is 1. The number of nitrogens with two attached hydrogens (primary N) is 1. The molecular weight excluding hydrogens is 404 g/mol. The lowest BCUT2D eigenvalue weighted by molar-refractivity contribution is 0.0649. The quantitative estimate of drug-likeness (QED) is 0.458. The van der Waals surface area contributed by atoms with Crippen LogP contribution in [0.15, 0.2) is 54.7 Å². The van der Waals surface area contributed by atoms with Gasteiger partial charge in [0.1, 0.15) is 23.2 Å². The zero-order valence-electron chi connectivity index (χ0n) is 16.5. The van der Waals surface area contributed by atoms with Crippen molar-refractivity contribution in [3.05, 3.63) is 77.5 Å². The number of nitrogen functional groups attached to an aromatic ring is 1. The van der Waals surface area contributed by atoms with Crippen LogP contribution >= 0.6 is 0 Å². The molecule has 2 amide bonds. The number of rotatable bonds is 7. The van der Waals surface area contributed by atoms with Gasteiger partial charge in [0.15, 0.2) is 0 Å². The fraction of sp³-hybridized carbons (Fsp3) is 0.174. The van der Waals surface area contributed by atoms with E-state index in [1.807, 2.05) is 0 Å². The molecule has 0 atom stereocenters. The SMILES string of the molecule is Nc1cc(-c2ccc(F)cc2OCCCCN2C(=O)c3ccccc3C2=O)c(F)cn1. The highest BCUT2D eigenvalue weighted by Crippen LogP contribution is 2.33. The summed E-state index contributed by atoms with van der Waals surface area (Å²) in [5, 5.41) is 0. The normalized spacial score (nSPS) is 12.9. The van der Waals surface area contributed by atoms with Gasteiger partial charge >= 0.3 is 0 Å². The molecule has 3 aromatic rings. The lowest BCUT2D eigenvalue weighted by atomic mass is 10.0. The van der Waals surface area contributed by atoms with Gasteiger partial charge in [-0.25, -0.2) is 13.8 Å². The second-order valence-corrected chi connectivity index (χ2v) is 7.09. The van der Waals surface area contributed by atoms with Gasteiger partial charge in [0.05, 0.1) is 23.9 Å². The molecule has 8 heteroatoms. The van der Waals surface area contributed by atoms with Crippen molar-refractivity contribution in [2.24, 2.45) is 0 Å². The number of hydrogen-bond acceptors (Lipinski definition) is 5. The van der Waals surface area contributed by atoms with Crippen molar-refractivity contribution < 1.29 is 23.1 Å². The molecule has 6 nitrogen and oxygen atoms in total. The number of hydrogen-bond donors (Lipinski definition) is 1. The lowest BCUT2D eigenvalue weighted by Crippen LogP contribution is -2.30. The third-order valence-corrected chi connectivity index (χ3v) is 5.02. The van der Waals surface area contributed by atoms with Crippen LogP contribution in [0.25, 0.3) is 11.1 Å². The number of imide groups is 1. The van der Waals surface area contributed by atoms with E-state index in [9.17, 15) is 18.4 Å². The number of aromatic nitrogens is 1. The summed E-state index contributed by atoms with van der Waals surface area (Å²) in [6.07, 6.45) is 2.01. The first-order chi connectivity index (χ1) is 15.0. The van der Waals surface area contributed by atoms with Gasteiger partial charge in [-0.2, -0.15) is 0 Å². The average Bonchev–Trinajstić information content (AvgIpc) is 3.00. The monoisotopic (exact) mass is 423 g/mol. The number of pyridine rings is 1. The van der Waals surface area contributed by atoms with Crippen molar-refractivity contribution in [1.82, 2.24) is 9.88 Å². The third-order valence-electron chi connectivity index (χ3n) is 5.02. The van der Waals surface area contributed by atoms with Crippen LogP contribution in [-0.2, 0) is 0 Å². The molecule has 0 saturated heterocycles. The van der Waals surface area contributed by atoms with Gasteiger partial charge in [-0.3, -0.25) is 14.5 Å². The molecule has 31 heavy (non-hydrogen) atoms. The van der Waals surface area contributed by atoms with E-state index < -0.39 is 11.6 Å². The molecule has 0 bridgehead atoms. The molecule has 2 heterocycles. The predicted molar refractivity (Wildman–Crippen MR) is 111 cm³/mol. The van der Waals surface area contributed by atoms with Crippen LogP contribution in [0.1, 0.15) is 33.6 Å². The molecule has 2 N–H and O–H groups in total. The summed E-state index contributed by atoms with van der Waals surface area (Å²) in [6.45, 7) is 0.447. The molecule has 1 aliphatic heterocycles. The van der Waals surface area contributed by atoms with E-state index in [1.165, 1.54) is 29.2 Å². The van der Waals surface area contributed by atoms with Gasteiger partial charge in [-0.15, -0.1) is 0 Å². The van der Waals surface area contributed by atoms with Gasteiger partial charge in [0.2, 0.25) is 0 Å². The molecule has 0 saturated carbocycles. The van der Waals surface area contributed by atoms with Crippen molar-refractivity contribution in [3.63, 3.8) is 0 Å². The summed E-state index contributed by atoms with van der Waals surface area (Å²) in [6, 6.07) is 11.9. The summed E-state index contributed by atoms with van der Waals surface area (Å²) in [5.74, 6) is -1.43. The standard InChI is InChI=1S/C23H19F2N3O3/c24-14-7-8-15(18-12-21(26)27-13-19(18)25)20(11-14)31-10-4-3-9-28-22(29)16-5-1-2-6-17(16)23(28)30/h1-2,5-8,11-13H,3-4,9-10H2,(H2,26,27). The Balaban J connectivity index is 1.38. The Morgan fingerprint density at radius 3 is 2.32 bits per heavy atom. The van der Waals surface area contributed by atoms with Crippen molar-refractivity contribution in [2.75, 3.05) is 18.9 Å². The fourth-order valence-electron chi connectivity index (χ4n) is 3.50. The van der Waals surface area contributed by atoms with Crippen molar-refractivity contribution in [1.29, 1.82) is 0 Å². The van der Waals surface area contributed by atoms with Crippen molar-refractivity contribution in [3.8, 4) is 16.9 Å². The van der Waals surface area contributed by atoms with Gasteiger partial charge in [-0.05, 0) is 43.2 Å². The maximum absolute atomic E-state index is 14.2. The minimum Gasteiger partial charge on any atom is -0.493 e. The number of carbonyl (C=O) groups is 2. The average molecular weight is 423 g/mol. The second-order valence-electron chi connectivity index (χ2n) is 7.09. The summed E-state index contributed by atoms with van der Waals surface area (Å²) < 4.78 is 33.6. The fourth-order valence-corrected chi connectivity index (χ4v) is 3.50. The van der Waals surface area contributed by atoms with E-state index in [0.717, 1.165) is 6.20 Å². The largest absolute Gasteiger partial charge is 0.493 e. The number of amides is 2. The number of carbonyl (C=O) groups excluding carboxylic acids is 2. The van der Waals surface area contributed by atoms with Crippen LogP contribution < -0.4 is 10.5 Å². The zero-order valence-corrected chi connectivity index (χ0v) is 16.5. The summed E-state index contributed by atoms with van der Waals surface area (Å²) in [7, 11) is 0. The first-order valence-electron chi connectivity index (χ1n) is 9.74. The Hall–Kier alpha value is -3.81. The Bertz CT molecular complexity index is 1130.